The molecule has 0 aliphatic heterocycles. The summed E-state index contributed by atoms with van der Waals surface area (Å²) in [6.45, 7) is 10.7. The summed E-state index contributed by atoms with van der Waals surface area (Å²) in [5.74, 6) is 4.90. The quantitative estimate of drug-likeness (QED) is 0.225. The average molecular weight is 669 g/mol. The Kier molecular flexibility index (Phi) is 12.2. The fourth-order valence-electron chi connectivity index (χ4n) is 9.32. The SMILES string of the molecule is CC1C2C=CC=CC2C(C)C1[Si](C)(C)C1C(c2ccccc2)CC2C(c3ccccc3)=CC=CC21.[CH3-].[CH3-].[Cl][Zr+2][Cl]. The van der Waals surface area contributed by atoms with E-state index in [1.165, 1.54) is 12.0 Å². The number of halogens is 2. The molecule has 0 nitrogen and oxygen atoms in total. The van der Waals surface area contributed by atoms with Crippen LogP contribution in [0.1, 0.15) is 37.3 Å². The van der Waals surface area contributed by atoms with Crippen LogP contribution >= 0.6 is 17.0 Å². The van der Waals surface area contributed by atoms with Gasteiger partial charge in [0.05, 0.1) is 8.07 Å². The number of fused-ring (bicyclic) bond motifs is 2. The van der Waals surface area contributed by atoms with Gasteiger partial charge in [-0.15, -0.1) is 0 Å². The second-order valence-corrected chi connectivity index (χ2v) is 21.1. The van der Waals surface area contributed by atoms with Gasteiger partial charge < -0.3 is 14.9 Å². The zero-order chi connectivity index (χ0) is 26.9. The molecule has 0 saturated heterocycles. The standard InChI is InChI=1S/C34H40Si.2CH3.2ClH.Zr/c1-23-27-18-11-12-19-28(27)24(2)33(23)35(3,4)34-30-21-13-20-29(25-14-7-5-8-15-25)32(30)22-31(34)26-16-9-6-10-17-26;;;;;/h5-21,23-24,27-28,30-34H,22H2,1-4H3;2*1H3;2*1H;/q;2*-1;;;+4/p-2. The Bertz CT molecular complexity index is 1180. The molecule has 0 heterocycles. The van der Waals surface area contributed by atoms with Gasteiger partial charge in [-0.2, -0.15) is 0 Å². The average Bonchev–Trinajstić information content (AvgIpc) is 3.46. The molecule has 2 aromatic carbocycles. The summed E-state index contributed by atoms with van der Waals surface area (Å²) in [4.78, 5) is 0. The molecule has 0 bridgehead atoms. The van der Waals surface area contributed by atoms with E-state index in [4.69, 9.17) is 17.0 Å². The van der Waals surface area contributed by atoms with Crippen LogP contribution in [0.2, 0.25) is 24.2 Å². The fourth-order valence-corrected chi connectivity index (χ4v) is 15.6. The molecule has 0 amide bonds. The Morgan fingerprint density at radius 1 is 0.675 bits per heavy atom. The van der Waals surface area contributed by atoms with Crippen molar-refractivity contribution in [1.29, 1.82) is 0 Å². The van der Waals surface area contributed by atoms with Crippen LogP contribution in [0.3, 0.4) is 0 Å². The molecular weight excluding hydrogens is 623 g/mol. The van der Waals surface area contributed by atoms with Crippen molar-refractivity contribution < 1.29 is 20.8 Å². The van der Waals surface area contributed by atoms with Gasteiger partial charge in [0.1, 0.15) is 0 Å². The van der Waals surface area contributed by atoms with E-state index in [1.807, 2.05) is 0 Å². The van der Waals surface area contributed by atoms with E-state index >= 15 is 0 Å². The molecule has 2 saturated carbocycles. The summed E-state index contributed by atoms with van der Waals surface area (Å²) in [5.41, 5.74) is 6.17. The molecule has 8 unspecified atom stereocenters. The van der Waals surface area contributed by atoms with Crippen LogP contribution in [0.15, 0.2) is 103 Å². The number of allylic oxidation sites excluding steroid dienone is 8. The van der Waals surface area contributed by atoms with Crippen LogP contribution in [0.5, 0.6) is 0 Å². The maximum atomic E-state index is 4.93. The van der Waals surface area contributed by atoms with E-state index in [0.29, 0.717) is 17.8 Å². The van der Waals surface area contributed by atoms with Crippen molar-refractivity contribution in [2.75, 3.05) is 0 Å². The number of benzene rings is 2. The molecule has 0 radical (unpaired) electrons. The number of rotatable bonds is 4. The van der Waals surface area contributed by atoms with Gasteiger partial charge >= 0.3 is 37.9 Å². The molecule has 0 aromatic heterocycles. The van der Waals surface area contributed by atoms with Gasteiger partial charge in [0.15, 0.2) is 0 Å². The first kappa shape index (κ1) is 33.6. The van der Waals surface area contributed by atoms with Crippen LogP contribution in [0.4, 0.5) is 0 Å². The second kappa shape index (κ2) is 14.5. The number of hydrogen-bond acceptors (Lipinski definition) is 0. The second-order valence-electron chi connectivity index (χ2n) is 12.4. The molecule has 2 aromatic rings. The van der Waals surface area contributed by atoms with Gasteiger partial charge in [-0.3, -0.25) is 0 Å². The molecule has 212 valence electrons. The van der Waals surface area contributed by atoms with Crippen LogP contribution in [-0.4, -0.2) is 8.07 Å². The first-order valence-corrected chi connectivity index (χ1v) is 23.7. The normalized spacial score (nSPS) is 33.2. The monoisotopic (exact) mass is 666 g/mol. The minimum absolute atomic E-state index is 0. The van der Waals surface area contributed by atoms with Crippen molar-refractivity contribution in [2.45, 2.75) is 50.4 Å². The van der Waals surface area contributed by atoms with Crippen LogP contribution in [0, 0.1) is 50.4 Å². The molecule has 40 heavy (non-hydrogen) atoms. The zero-order valence-electron chi connectivity index (χ0n) is 25.0. The Balaban J connectivity index is 0.000000846. The van der Waals surface area contributed by atoms with Crippen molar-refractivity contribution in [1.82, 2.24) is 0 Å². The van der Waals surface area contributed by atoms with Gasteiger partial charge in [-0.1, -0.05) is 130 Å². The minimum atomic E-state index is -1.68. The van der Waals surface area contributed by atoms with Gasteiger partial charge in [-0.25, -0.2) is 0 Å². The third-order valence-corrected chi connectivity index (χ3v) is 15.7. The molecule has 0 N–H and O–H groups in total. The summed E-state index contributed by atoms with van der Waals surface area (Å²) >= 11 is -0.826. The predicted molar refractivity (Wildman–Crippen MR) is 177 cm³/mol. The molecule has 0 spiro atoms. The summed E-state index contributed by atoms with van der Waals surface area (Å²) in [7, 11) is 8.19. The Morgan fingerprint density at radius 3 is 1.73 bits per heavy atom. The zero-order valence-corrected chi connectivity index (χ0v) is 29.9. The van der Waals surface area contributed by atoms with Crippen molar-refractivity contribution in [2.24, 2.45) is 35.5 Å². The summed E-state index contributed by atoms with van der Waals surface area (Å²) in [6.07, 6.45) is 18.4. The van der Waals surface area contributed by atoms with Crippen molar-refractivity contribution in [3.05, 3.63) is 129 Å². The molecule has 4 heteroatoms. The van der Waals surface area contributed by atoms with E-state index in [1.54, 1.807) is 11.1 Å². The van der Waals surface area contributed by atoms with Gasteiger partial charge in [0.2, 0.25) is 0 Å². The third kappa shape index (κ3) is 6.22. The third-order valence-electron chi connectivity index (χ3n) is 10.5. The number of hydrogen-bond donors (Lipinski definition) is 0. The molecule has 4 aliphatic rings. The van der Waals surface area contributed by atoms with Gasteiger partial charge in [0, 0.05) is 0 Å². The van der Waals surface area contributed by atoms with Crippen molar-refractivity contribution >= 4 is 30.7 Å². The Hall–Kier alpha value is -0.920. The van der Waals surface area contributed by atoms with E-state index in [9.17, 15) is 0 Å². The van der Waals surface area contributed by atoms with Gasteiger partial charge in [-0.05, 0) is 75.6 Å². The summed E-state index contributed by atoms with van der Waals surface area (Å²) in [5, 5.41) is 0. The summed E-state index contributed by atoms with van der Waals surface area (Å²) < 4.78 is 0. The van der Waals surface area contributed by atoms with Crippen molar-refractivity contribution in [3.63, 3.8) is 0 Å². The van der Waals surface area contributed by atoms with E-state index in [2.05, 4.69) is 130 Å². The van der Waals surface area contributed by atoms with Crippen LogP contribution in [0.25, 0.3) is 5.57 Å². The molecule has 2 fully saturated rings. The molecule has 8 atom stereocenters. The molecule has 4 aliphatic carbocycles. The predicted octanol–water partition coefficient (Wildman–Crippen LogP) is 11.4. The first-order chi connectivity index (χ1) is 18.4. The first-order valence-electron chi connectivity index (χ1n) is 14.2. The van der Waals surface area contributed by atoms with Crippen LogP contribution in [-0.2, 0) is 20.8 Å². The molecular formula is C36H46Cl2SiZr. The van der Waals surface area contributed by atoms with Crippen molar-refractivity contribution in [3.8, 4) is 0 Å². The van der Waals surface area contributed by atoms with Gasteiger partial charge in [0.25, 0.3) is 0 Å². The Labute approximate surface area is 264 Å². The topological polar surface area (TPSA) is 0 Å². The van der Waals surface area contributed by atoms with E-state index in [-0.39, 0.29) is 14.9 Å². The summed E-state index contributed by atoms with van der Waals surface area (Å²) in [6, 6.07) is 22.7. The fraction of sp³-hybridized carbons (Fsp3) is 0.389. The Morgan fingerprint density at radius 2 is 1.18 bits per heavy atom. The van der Waals surface area contributed by atoms with Crippen LogP contribution < -0.4 is 0 Å². The van der Waals surface area contributed by atoms with E-state index < -0.39 is 28.9 Å². The maximum absolute atomic E-state index is 4.93. The van der Waals surface area contributed by atoms with E-state index in [0.717, 1.165) is 34.8 Å². The molecule has 6 rings (SSSR count).